The van der Waals surface area contributed by atoms with E-state index in [-0.39, 0.29) is 18.0 Å². The molecule has 108 valence electrons. The normalized spacial score (nSPS) is 10.1. The van der Waals surface area contributed by atoms with Crippen LogP contribution in [-0.4, -0.2) is 10.8 Å². The summed E-state index contributed by atoms with van der Waals surface area (Å²) in [6.07, 6.45) is 0.160. The van der Waals surface area contributed by atoms with Gasteiger partial charge >= 0.3 is 0 Å². The van der Waals surface area contributed by atoms with E-state index in [2.05, 4.69) is 5.32 Å². The Hall–Kier alpha value is -2.89. The predicted molar refractivity (Wildman–Crippen MR) is 81.0 cm³/mol. The van der Waals surface area contributed by atoms with Gasteiger partial charge in [0.15, 0.2) is 0 Å². The lowest BCUT2D eigenvalue weighted by Gasteiger charge is -2.08. The molecule has 0 aliphatic rings. The Morgan fingerprint density at radius 1 is 1.29 bits per heavy atom. The van der Waals surface area contributed by atoms with Gasteiger partial charge in [0.05, 0.1) is 17.0 Å². The molecule has 0 aliphatic heterocycles. The molecule has 0 saturated heterocycles. The average Bonchev–Trinajstić information content (AvgIpc) is 2.41. The standard InChI is InChI=1S/C15H15N3O3/c1-10-5-6-13(18(20)21)9-14(10)17-15(19)8-11-3-2-4-12(16)7-11/h2-7,9H,8,16H2,1H3,(H,17,19). The van der Waals surface area contributed by atoms with Crippen molar-refractivity contribution in [2.75, 3.05) is 11.1 Å². The number of nitrogens with zero attached hydrogens (tertiary/aromatic N) is 1. The summed E-state index contributed by atoms with van der Waals surface area (Å²) in [5, 5.41) is 13.4. The minimum atomic E-state index is -0.493. The number of nitro groups is 1. The average molecular weight is 285 g/mol. The van der Waals surface area contributed by atoms with Crippen LogP contribution in [-0.2, 0) is 11.2 Å². The minimum Gasteiger partial charge on any atom is -0.399 e. The lowest BCUT2D eigenvalue weighted by Crippen LogP contribution is -2.15. The molecule has 21 heavy (non-hydrogen) atoms. The monoisotopic (exact) mass is 285 g/mol. The van der Waals surface area contributed by atoms with Crippen molar-refractivity contribution < 1.29 is 9.72 Å². The van der Waals surface area contributed by atoms with E-state index in [1.807, 2.05) is 0 Å². The Morgan fingerprint density at radius 2 is 2.05 bits per heavy atom. The molecule has 0 atom stereocenters. The van der Waals surface area contributed by atoms with Crippen molar-refractivity contribution in [3.8, 4) is 0 Å². The van der Waals surface area contributed by atoms with Crippen LogP contribution in [0.1, 0.15) is 11.1 Å². The van der Waals surface area contributed by atoms with Crippen molar-refractivity contribution in [1.29, 1.82) is 0 Å². The van der Waals surface area contributed by atoms with Gasteiger partial charge in [-0.25, -0.2) is 0 Å². The van der Waals surface area contributed by atoms with Crippen LogP contribution in [0.4, 0.5) is 17.1 Å². The second-order valence-corrected chi connectivity index (χ2v) is 4.73. The van der Waals surface area contributed by atoms with E-state index in [4.69, 9.17) is 5.73 Å². The molecule has 0 heterocycles. The van der Waals surface area contributed by atoms with Crippen LogP contribution >= 0.6 is 0 Å². The van der Waals surface area contributed by atoms with Crippen LogP contribution in [0.15, 0.2) is 42.5 Å². The molecule has 6 heteroatoms. The molecule has 1 amide bonds. The number of aryl methyl sites for hydroxylation is 1. The SMILES string of the molecule is Cc1ccc([N+](=O)[O-])cc1NC(=O)Cc1cccc(N)c1. The number of anilines is 2. The maximum Gasteiger partial charge on any atom is 0.271 e. The van der Waals surface area contributed by atoms with E-state index in [9.17, 15) is 14.9 Å². The van der Waals surface area contributed by atoms with Crippen LogP contribution in [0.5, 0.6) is 0 Å². The van der Waals surface area contributed by atoms with Gasteiger partial charge in [-0.2, -0.15) is 0 Å². The number of nitro benzene ring substituents is 1. The Bertz CT molecular complexity index is 698. The number of carbonyl (C=O) groups is 1. The quantitative estimate of drug-likeness (QED) is 0.512. The highest BCUT2D eigenvalue weighted by molar-refractivity contribution is 5.93. The van der Waals surface area contributed by atoms with Crippen molar-refractivity contribution in [1.82, 2.24) is 0 Å². The van der Waals surface area contributed by atoms with Gasteiger partial charge in [0.2, 0.25) is 5.91 Å². The number of benzene rings is 2. The van der Waals surface area contributed by atoms with Crippen LogP contribution in [0.2, 0.25) is 0 Å². The minimum absolute atomic E-state index is 0.0557. The third-order valence-corrected chi connectivity index (χ3v) is 3.02. The summed E-state index contributed by atoms with van der Waals surface area (Å²) < 4.78 is 0. The van der Waals surface area contributed by atoms with E-state index < -0.39 is 4.92 Å². The van der Waals surface area contributed by atoms with E-state index in [0.29, 0.717) is 11.4 Å². The van der Waals surface area contributed by atoms with Gasteiger partial charge in [-0.1, -0.05) is 18.2 Å². The number of rotatable bonds is 4. The van der Waals surface area contributed by atoms with Gasteiger partial charge in [0.25, 0.3) is 5.69 Å². The summed E-state index contributed by atoms with van der Waals surface area (Å²) in [4.78, 5) is 22.3. The van der Waals surface area contributed by atoms with Gasteiger partial charge < -0.3 is 11.1 Å². The zero-order valence-corrected chi connectivity index (χ0v) is 11.5. The summed E-state index contributed by atoms with van der Waals surface area (Å²) >= 11 is 0. The van der Waals surface area contributed by atoms with Crippen LogP contribution < -0.4 is 11.1 Å². The molecule has 0 saturated carbocycles. The first-order valence-corrected chi connectivity index (χ1v) is 6.35. The van der Waals surface area contributed by atoms with Crippen molar-refractivity contribution in [2.24, 2.45) is 0 Å². The summed E-state index contributed by atoms with van der Waals surface area (Å²) in [6, 6.07) is 11.4. The molecule has 2 aromatic rings. The highest BCUT2D eigenvalue weighted by Gasteiger charge is 2.11. The van der Waals surface area contributed by atoms with E-state index in [1.165, 1.54) is 12.1 Å². The first-order valence-electron chi connectivity index (χ1n) is 6.35. The highest BCUT2D eigenvalue weighted by Crippen LogP contribution is 2.22. The fourth-order valence-electron chi connectivity index (χ4n) is 1.94. The smallest absolute Gasteiger partial charge is 0.271 e. The molecule has 0 unspecified atom stereocenters. The van der Waals surface area contributed by atoms with Crippen LogP contribution in [0.25, 0.3) is 0 Å². The molecule has 2 rings (SSSR count). The molecular formula is C15H15N3O3. The second kappa shape index (κ2) is 6.04. The first-order chi connectivity index (χ1) is 9.95. The first kappa shape index (κ1) is 14.5. The zero-order valence-electron chi connectivity index (χ0n) is 11.5. The van der Waals surface area contributed by atoms with Gasteiger partial charge in [0, 0.05) is 17.8 Å². The number of nitrogen functional groups attached to an aromatic ring is 1. The Kier molecular flexibility index (Phi) is 4.18. The number of nitrogens with two attached hydrogens (primary N) is 1. The Labute approximate surface area is 121 Å². The molecule has 0 fully saturated rings. The Morgan fingerprint density at radius 3 is 2.71 bits per heavy atom. The molecule has 6 nitrogen and oxygen atoms in total. The second-order valence-electron chi connectivity index (χ2n) is 4.73. The molecule has 0 bridgehead atoms. The summed E-state index contributed by atoms with van der Waals surface area (Å²) in [5.41, 5.74) is 8.19. The van der Waals surface area contributed by atoms with Crippen molar-refractivity contribution in [3.05, 3.63) is 63.7 Å². The van der Waals surface area contributed by atoms with Gasteiger partial charge in [-0.05, 0) is 30.2 Å². The number of non-ortho nitro benzene ring substituents is 1. The van der Waals surface area contributed by atoms with Crippen LogP contribution in [0.3, 0.4) is 0 Å². The van der Waals surface area contributed by atoms with E-state index in [0.717, 1.165) is 11.1 Å². The summed E-state index contributed by atoms with van der Waals surface area (Å²) in [5.74, 6) is -0.246. The van der Waals surface area contributed by atoms with Gasteiger partial charge in [0.1, 0.15) is 0 Å². The largest absolute Gasteiger partial charge is 0.399 e. The fraction of sp³-hybridized carbons (Fsp3) is 0.133. The van der Waals surface area contributed by atoms with Crippen molar-refractivity contribution in [2.45, 2.75) is 13.3 Å². The van der Waals surface area contributed by atoms with E-state index >= 15 is 0 Å². The topological polar surface area (TPSA) is 98.3 Å². The molecule has 3 N–H and O–H groups in total. The van der Waals surface area contributed by atoms with Gasteiger partial charge in [-0.15, -0.1) is 0 Å². The molecule has 2 aromatic carbocycles. The maximum atomic E-state index is 12.0. The van der Waals surface area contributed by atoms with Crippen molar-refractivity contribution in [3.63, 3.8) is 0 Å². The Balaban J connectivity index is 2.12. The lowest BCUT2D eigenvalue weighted by molar-refractivity contribution is -0.384. The number of amides is 1. The third kappa shape index (κ3) is 3.79. The zero-order chi connectivity index (χ0) is 15.4. The van der Waals surface area contributed by atoms with E-state index in [1.54, 1.807) is 37.3 Å². The highest BCUT2D eigenvalue weighted by atomic mass is 16.6. The lowest BCUT2D eigenvalue weighted by atomic mass is 10.1. The predicted octanol–water partition coefficient (Wildman–Crippen LogP) is 2.67. The molecular weight excluding hydrogens is 270 g/mol. The fourth-order valence-corrected chi connectivity index (χ4v) is 1.94. The summed E-state index contributed by atoms with van der Waals surface area (Å²) in [7, 11) is 0. The van der Waals surface area contributed by atoms with Crippen molar-refractivity contribution >= 4 is 23.0 Å². The summed E-state index contributed by atoms with van der Waals surface area (Å²) in [6.45, 7) is 1.78. The molecule has 0 aliphatic carbocycles. The number of hydrogen-bond acceptors (Lipinski definition) is 4. The number of hydrogen-bond donors (Lipinski definition) is 2. The molecule has 0 spiro atoms. The number of nitrogens with one attached hydrogen (secondary N) is 1. The third-order valence-electron chi connectivity index (χ3n) is 3.02. The maximum absolute atomic E-state index is 12.0. The molecule has 0 radical (unpaired) electrons. The van der Waals surface area contributed by atoms with Crippen LogP contribution in [0, 0.1) is 17.0 Å². The molecule has 0 aromatic heterocycles. The number of carbonyl (C=O) groups excluding carboxylic acids is 1. The van der Waals surface area contributed by atoms with Gasteiger partial charge in [-0.3, -0.25) is 14.9 Å².